The molecule has 2 fully saturated rings. The molecule has 0 amide bonds. The Hall–Kier alpha value is -1.09. The van der Waals surface area contributed by atoms with Crippen molar-refractivity contribution in [2.24, 2.45) is 17.6 Å². The van der Waals surface area contributed by atoms with E-state index in [1.165, 1.54) is 18.5 Å². The highest BCUT2D eigenvalue weighted by molar-refractivity contribution is 5.44. The summed E-state index contributed by atoms with van der Waals surface area (Å²) in [6.45, 7) is 2.23. The summed E-state index contributed by atoms with van der Waals surface area (Å²) in [5, 5.41) is 0. The van der Waals surface area contributed by atoms with Gasteiger partial charge in [-0.15, -0.1) is 0 Å². The van der Waals surface area contributed by atoms with Crippen LogP contribution in [-0.4, -0.2) is 24.1 Å². The Morgan fingerprint density at radius 1 is 1.27 bits per heavy atom. The molecule has 3 heteroatoms. The first kappa shape index (κ1) is 9.16. The van der Waals surface area contributed by atoms with Crippen molar-refractivity contribution in [3.8, 4) is 0 Å². The standard InChI is InChI=1S/C12H17N3/c13-12-9-3-4-10(12)8-15(7-9)11-2-1-5-14-6-11/h1-2,5-6,9-10,12H,3-4,7-8,13H2/t9-,10+,12?. The maximum absolute atomic E-state index is 6.18. The third-order valence-corrected chi connectivity index (χ3v) is 3.92. The molecule has 1 saturated carbocycles. The molecule has 1 aromatic rings. The first-order valence-electron chi connectivity index (χ1n) is 5.75. The molecule has 15 heavy (non-hydrogen) atoms. The van der Waals surface area contributed by atoms with E-state index >= 15 is 0 Å². The van der Waals surface area contributed by atoms with Crippen LogP contribution in [0.5, 0.6) is 0 Å². The largest absolute Gasteiger partial charge is 0.370 e. The van der Waals surface area contributed by atoms with Crippen LogP contribution < -0.4 is 10.6 Å². The minimum atomic E-state index is 0.443. The molecule has 3 atom stereocenters. The Morgan fingerprint density at radius 2 is 2.00 bits per heavy atom. The summed E-state index contributed by atoms with van der Waals surface area (Å²) in [4.78, 5) is 6.62. The maximum Gasteiger partial charge on any atom is 0.0552 e. The highest BCUT2D eigenvalue weighted by Gasteiger charge is 2.39. The number of piperidine rings is 1. The lowest BCUT2D eigenvalue weighted by molar-refractivity contribution is 0.356. The fraction of sp³-hybridized carbons (Fsp3) is 0.583. The molecule has 3 nitrogen and oxygen atoms in total. The monoisotopic (exact) mass is 203 g/mol. The summed E-state index contributed by atoms with van der Waals surface area (Å²) in [7, 11) is 0. The van der Waals surface area contributed by atoms with Crippen molar-refractivity contribution in [1.82, 2.24) is 4.98 Å². The van der Waals surface area contributed by atoms with E-state index < -0.39 is 0 Å². The van der Waals surface area contributed by atoms with Crippen molar-refractivity contribution in [3.63, 3.8) is 0 Å². The molecule has 2 heterocycles. The van der Waals surface area contributed by atoms with Gasteiger partial charge in [-0.05, 0) is 36.8 Å². The van der Waals surface area contributed by atoms with E-state index in [1.807, 2.05) is 18.5 Å². The Labute approximate surface area is 90.3 Å². The fourth-order valence-electron chi connectivity index (χ4n) is 3.02. The second-order valence-corrected chi connectivity index (χ2v) is 4.79. The molecule has 1 aliphatic heterocycles. The normalized spacial score (nSPS) is 34.5. The second-order valence-electron chi connectivity index (χ2n) is 4.79. The van der Waals surface area contributed by atoms with Crippen LogP contribution in [0.25, 0.3) is 0 Å². The van der Waals surface area contributed by atoms with Gasteiger partial charge >= 0.3 is 0 Å². The summed E-state index contributed by atoms with van der Waals surface area (Å²) < 4.78 is 0. The summed E-state index contributed by atoms with van der Waals surface area (Å²) >= 11 is 0. The molecule has 2 bridgehead atoms. The van der Waals surface area contributed by atoms with Crippen LogP contribution in [0, 0.1) is 11.8 Å². The van der Waals surface area contributed by atoms with Crippen LogP contribution in [0.1, 0.15) is 12.8 Å². The lowest BCUT2D eigenvalue weighted by Gasteiger charge is -2.37. The van der Waals surface area contributed by atoms with Crippen molar-refractivity contribution in [2.45, 2.75) is 18.9 Å². The molecular weight excluding hydrogens is 186 g/mol. The number of hydrogen-bond acceptors (Lipinski definition) is 3. The van der Waals surface area contributed by atoms with E-state index in [-0.39, 0.29) is 0 Å². The van der Waals surface area contributed by atoms with Gasteiger partial charge < -0.3 is 10.6 Å². The Bertz CT molecular complexity index is 324. The molecule has 2 N–H and O–H groups in total. The van der Waals surface area contributed by atoms with Gasteiger partial charge in [-0.3, -0.25) is 4.98 Å². The quantitative estimate of drug-likeness (QED) is 0.747. The molecule has 0 spiro atoms. The number of aromatic nitrogens is 1. The fourth-order valence-corrected chi connectivity index (χ4v) is 3.02. The van der Waals surface area contributed by atoms with Gasteiger partial charge in [0.15, 0.2) is 0 Å². The van der Waals surface area contributed by atoms with Gasteiger partial charge in [0, 0.05) is 25.3 Å². The Balaban J connectivity index is 1.81. The van der Waals surface area contributed by atoms with Crippen LogP contribution >= 0.6 is 0 Å². The minimum absolute atomic E-state index is 0.443. The first-order valence-corrected chi connectivity index (χ1v) is 5.75. The molecular formula is C12H17N3. The highest BCUT2D eigenvalue weighted by Crippen LogP contribution is 2.37. The maximum atomic E-state index is 6.18. The lowest BCUT2D eigenvalue weighted by Crippen LogP contribution is -2.48. The zero-order chi connectivity index (χ0) is 10.3. The van der Waals surface area contributed by atoms with E-state index in [0.717, 1.165) is 13.1 Å². The van der Waals surface area contributed by atoms with Crippen LogP contribution in [0.2, 0.25) is 0 Å². The molecule has 3 rings (SSSR count). The number of nitrogens with two attached hydrogens (primary N) is 1. The van der Waals surface area contributed by atoms with E-state index in [9.17, 15) is 0 Å². The average Bonchev–Trinajstić information content (AvgIpc) is 2.54. The minimum Gasteiger partial charge on any atom is -0.370 e. The molecule has 0 aromatic carbocycles. The van der Waals surface area contributed by atoms with Crippen molar-refractivity contribution in [3.05, 3.63) is 24.5 Å². The van der Waals surface area contributed by atoms with E-state index in [0.29, 0.717) is 17.9 Å². The van der Waals surface area contributed by atoms with Crippen LogP contribution in [0.4, 0.5) is 5.69 Å². The van der Waals surface area contributed by atoms with Crippen LogP contribution in [0.15, 0.2) is 24.5 Å². The molecule has 2 aliphatic rings. The summed E-state index contributed by atoms with van der Waals surface area (Å²) in [6.07, 6.45) is 6.40. The molecule has 1 unspecified atom stereocenters. The number of pyridine rings is 1. The van der Waals surface area contributed by atoms with Gasteiger partial charge in [-0.2, -0.15) is 0 Å². The van der Waals surface area contributed by atoms with Gasteiger partial charge in [0.05, 0.1) is 11.9 Å². The number of rotatable bonds is 1. The number of nitrogens with zero attached hydrogens (tertiary/aromatic N) is 2. The summed E-state index contributed by atoms with van der Waals surface area (Å²) in [6, 6.07) is 4.59. The van der Waals surface area contributed by atoms with Crippen molar-refractivity contribution in [2.75, 3.05) is 18.0 Å². The van der Waals surface area contributed by atoms with Gasteiger partial charge in [0.2, 0.25) is 0 Å². The predicted molar refractivity (Wildman–Crippen MR) is 60.6 cm³/mol. The Morgan fingerprint density at radius 3 is 2.60 bits per heavy atom. The van der Waals surface area contributed by atoms with Crippen LogP contribution in [0.3, 0.4) is 0 Å². The Kier molecular flexibility index (Phi) is 2.13. The molecule has 80 valence electrons. The number of fused-ring (bicyclic) bond motifs is 2. The second kappa shape index (κ2) is 3.49. The first-order chi connectivity index (χ1) is 7.34. The van der Waals surface area contributed by atoms with Gasteiger partial charge in [-0.25, -0.2) is 0 Å². The van der Waals surface area contributed by atoms with Crippen molar-refractivity contribution in [1.29, 1.82) is 0 Å². The smallest absolute Gasteiger partial charge is 0.0552 e. The molecule has 0 radical (unpaired) electrons. The van der Waals surface area contributed by atoms with Crippen LogP contribution in [-0.2, 0) is 0 Å². The zero-order valence-corrected chi connectivity index (χ0v) is 8.84. The molecule has 1 saturated heterocycles. The highest BCUT2D eigenvalue weighted by atomic mass is 15.2. The summed E-state index contributed by atoms with van der Waals surface area (Å²) in [5.41, 5.74) is 7.43. The number of hydrogen-bond donors (Lipinski definition) is 1. The van der Waals surface area contributed by atoms with Gasteiger partial charge in [0.1, 0.15) is 0 Å². The lowest BCUT2D eigenvalue weighted by atomic mass is 9.93. The van der Waals surface area contributed by atoms with Gasteiger partial charge in [-0.1, -0.05) is 0 Å². The molecule has 1 aromatic heterocycles. The van der Waals surface area contributed by atoms with Gasteiger partial charge in [0.25, 0.3) is 0 Å². The van der Waals surface area contributed by atoms with E-state index in [4.69, 9.17) is 5.73 Å². The van der Waals surface area contributed by atoms with E-state index in [1.54, 1.807) is 0 Å². The molecule has 1 aliphatic carbocycles. The SMILES string of the molecule is NC1[C@@H]2CC[C@H]1CN(c1cccnc1)C2. The zero-order valence-electron chi connectivity index (χ0n) is 8.84. The summed E-state index contributed by atoms with van der Waals surface area (Å²) in [5.74, 6) is 1.40. The van der Waals surface area contributed by atoms with Crippen molar-refractivity contribution >= 4 is 5.69 Å². The number of anilines is 1. The predicted octanol–water partition coefficient (Wildman–Crippen LogP) is 1.26. The van der Waals surface area contributed by atoms with E-state index in [2.05, 4.69) is 16.0 Å². The third-order valence-electron chi connectivity index (χ3n) is 3.92. The topological polar surface area (TPSA) is 42.1 Å². The van der Waals surface area contributed by atoms with Crippen molar-refractivity contribution < 1.29 is 0 Å². The average molecular weight is 203 g/mol. The third kappa shape index (κ3) is 1.51.